The number of rotatable bonds is 9. The molecule has 8 heteroatoms. The molecule has 254 valence electrons. The smallest absolute Gasteiger partial charge is 0.305 e. The monoisotopic (exact) mass is 666 g/mol. The van der Waals surface area contributed by atoms with E-state index < -0.39 is 0 Å². The molecule has 0 unspecified atom stereocenters. The molecule has 0 saturated carbocycles. The fourth-order valence-corrected chi connectivity index (χ4v) is 6.93. The summed E-state index contributed by atoms with van der Waals surface area (Å²) >= 11 is 0. The van der Waals surface area contributed by atoms with Crippen molar-refractivity contribution in [3.05, 3.63) is 119 Å². The van der Waals surface area contributed by atoms with Crippen molar-refractivity contribution < 1.29 is 19.1 Å². The molecule has 1 aromatic carbocycles. The molecule has 3 aromatic heterocycles. The first kappa shape index (κ1) is 34.1. The minimum absolute atomic E-state index is 0.233. The van der Waals surface area contributed by atoms with Crippen LogP contribution in [0.5, 0.6) is 0 Å². The van der Waals surface area contributed by atoms with Crippen LogP contribution in [-0.4, -0.2) is 46.1 Å². The Balaban J connectivity index is 1.81. The van der Waals surface area contributed by atoms with Gasteiger partial charge >= 0.3 is 11.9 Å². The molecule has 0 fully saturated rings. The maximum Gasteiger partial charge on any atom is 0.305 e. The highest BCUT2D eigenvalue weighted by Gasteiger charge is 2.26. The minimum atomic E-state index is -0.278. The number of hydrogen-bond acceptors (Lipinski definition) is 6. The molecule has 6 rings (SSSR count). The number of ether oxygens (including phenoxy) is 2. The van der Waals surface area contributed by atoms with E-state index in [9.17, 15) is 9.59 Å². The molecule has 5 heterocycles. The van der Waals surface area contributed by atoms with E-state index in [0.29, 0.717) is 12.8 Å². The summed E-state index contributed by atoms with van der Waals surface area (Å²) in [5, 5.41) is 0. The molecular weight excluding hydrogens is 624 g/mol. The summed E-state index contributed by atoms with van der Waals surface area (Å²) < 4.78 is 9.99. The highest BCUT2D eigenvalue weighted by Crippen LogP contribution is 2.42. The Labute approximate surface area is 292 Å². The summed E-state index contributed by atoms with van der Waals surface area (Å²) in [5.74, 6) is -0.555. The van der Waals surface area contributed by atoms with Crippen LogP contribution in [-0.2, 0) is 31.9 Å². The number of carbonyl (C=O) groups excluding carboxylic acids is 2. The van der Waals surface area contributed by atoms with Crippen LogP contribution in [0, 0.1) is 13.8 Å². The molecule has 0 atom stereocenters. The molecular formula is C42H42N4O4. The van der Waals surface area contributed by atoms with Crippen LogP contribution in [0.25, 0.3) is 55.5 Å². The Hall–Kier alpha value is -5.76. The summed E-state index contributed by atoms with van der Waals surface area (Å²) in [4.78, 5) is 42.5. The van der Waals surface area contributed by atoms with Crippen molar-refractivity contribution in [3.8, 4) is 11.1 Å². The highest BCUT2D eigenvalue weighted by molar-refractivity contribution is 6.06. The van der Waals surface area contributed by atoms with Gasteiger partial charge in [0.25, 0.3) is 0 Å². The molecule has 0 radical (unpaired) electrons. The number of aromatic amines is 2. The van der Waals surface area contributed by atoms with Gasteiger partial charge in [-0.3, -0.25) is 9.59 Å². The summed E-state index contributed by atoms with van der Waals surface area (Å²) in [6.45, 7) is 16.6. The van der Waals surface area contributed by atoms with Crippen LogP contribution in [0.4, 0.5) is 0 Å². The van der Waals surface area contributed by atoms with Gasteiger partial charge in [-0.2, -0.15) is 0 Å². The Morgan fingerprint density at radius 2 is 1.12 bits per heavy atom. The molecule has 2 N–H and O–H groups in total. The normalized spacial score (nSPS) is 12.7. The van der Waals surface area contributed by atoms with Gasteiger partial charge in [0, 0.05) is 51.6 Å². The van der Waals surface area contributed by atoms with Gasteiger partial charge in [-0.05, 0) is 97.7 Å². The Bertz CT molecular complexity index is 2160. The van der Waals surface area contributed by atoms with E-state index >= 15 is 0 Å². The minimum Gasteiger partial charge on any atom is -0.469 e. The number of H-pyrrole nitrogens is 2. The number of methoxy groups -OCH3 is 2. The molecule has 0 spiro atoms. The maximum absolute atomic E-state index is 12.3. The summed E-state index contributed by atoms with van der Waals surface area (Å²) in [6, 6.07) is 16.4. The zero-order valence-corrected chi connectivity index (χ0v) is 29.5. The van der Waals surface area contributed by atoms with Crippen molar-refractivity contribution in [2.75, 3.05) is 14.2 Å². The number of fused-ring (bicyclic) bond motifs is 8. The first-order valence-electron chi connectivity index (χ1n) is 16.7. The number of allylic oxidation sites excluding steroid dienone is 6. The van der Waals surface area contributed by atoms with E-state index in [1.165, 1.54) is 14.2 Å². The van der Waals surface area contributed by atoms with Crippen LogP contribution in [0.15, 0.2) is 73.8 Å². The third-order valence-electron chi connectivity index (χ3n) is 9.86. The first-order chi connectivity index (χ1) is 24.1. The van der Waals surface area contributed by atoms with Crippen LogP contribution < -0.4 is 0 Å². The van der Waals surface area contributed by atoms with Crippen molar-refractivity contribution in [1.29, 1.82) is 0 Å². The van der Waals surface area contributed by atoms with Crippen LogP contribution in [0.2, 0.25) is 0 Å². The average molecular weight is 667 g/mol. The molecule has 8 bridgehead atoms. The van der Waals surface area contributed by atoms with Gasteiger partial charge in [-0.25, -0.2) is 9.97 Å². The Morgan fingerprint density at radius 3 is 1.52 bits per heavy atom. The molecule has 2 aliphatic heterocycles. The number of aromatic nitrogens is 4. The van der Waals surface area contributed by atoms with Crippen molar-refractivity contribution >= 4 is 56.3 Å². The van der Waals surface area contributed by atoms with Gasteiger partial charge in [0.1, 0.15) is 0 Å². The SMILES string of the molecule is C=CC1=C(C)c2cc3[nH]c(cc4[nH]c(cc5nc(c(-c6ccccc6)c1n2)C(C=C)=C5C)c(C)c4CCC(=O)OC)c(CCC(=O)OC)c3C. The number of carbonyl (C=O) groups is 2. The van der Waals surface area contributed by atoms with Crippen LogP contribution in [0.3, 0.4) is 0 Å². The fraction of sp³-hybridized carbons (Fsp3) is 0.238. The van der Waals surface area contributed by atoms with Crippen molar-refractivity contribution in [2.24, 2.45) is 0 Å². The molecule has 0 amide bonds. The van der Waals surface area contributed by atoms with E-state index in [1.807, 2.05) is 30.4 Å². The van der Waals surface area contributed by atoms with Gasteiger partial charge < -0.3 is 19.4 Å². The number of aryl methyl sites for hydroxylation is 4. The second-order valence-corrected chi connectivity index (χ2v) is 12.6. The Kier molecular flexibility index (Phi) is 9.55. The van der Waals surface area contributed by atoms with Gasteiger partial charge in [0.05, 0.1) is 37.0 Å². The standard InChI is InChI=1S/C42H42N4O4/c1-9-28-23(3)34-20-32-25(5)30(16-18-38(47)49-7)36(43-32)22-37-31(17-19-39(48)50-8)26(6)33(44-37)21-35-24(4)29(10-2)42(46-35)40(41(28)45-34)27-14-12-11-13-15-27/h9-15,20-22,43-44H,1-2,16-19H2,3-8H3. The van der Waals surface area contributed by atoms with Crippen LogP contribution in [0.1, 0.15) is 71.7 Å². The molecule has 8 nitrogen and oxygen atoms in total. The second kappa shape index (κ2) is 14.0. The van der Waals surface area contributed by atoms with Crippen molar-refractivity contribution in [3.63, 3.8) is 0 Å². The lowest BCUT2D eigenvalue weighted by Crippen LogP contribution is -2.02. The lowest BCUT2D eigenvalue weighted by Gasteiger charge is -2.10. The quantitative estimate of drug-likeness (QED) is 0.173. The molecule has 0 saturated heterocycles. The van der Waals surface area contributed by atoms with E-state index in [4.69, 9.17) is 19.4 Å². The van der Waals surface area contributed by atoms with E-state index in [2.05, 4.69) is 81.2 Å². The third kappa shape index (κ3) is 6.13. The van der Waals surface area contributed by atoms with Crippen molar-refractivity contribution in [2.45, 2.75) is 53.4 Å². The number of hydrogen-bond donors (Lipinski definition) is 2. The van der Waals surface area contributed by atoms with E-state index in [1.54, 1.807) is 0 Å². The van der Waals surface area contributed by atoms with Gasteiger partial charge in [-0.15, -0.1) is 0 Å². The van der Waals surface area contributed by atoms with Gasteiger partial charge in [0.2, 0.25) is 0 Å². The Morgan fingerprint density at radius 1 is 0.680 bits per heavy atom. The van der Waals surface area contributed by atoms with E-state index in [-0.39, 0.29) is 24.8 Å². The summed E-state index contributed by atoms with van der Waals surface area (Å²) in [7, 11) is 2.81. The number of benzene rings is 1. The fourth-order valence-electron chi connectivity index (χ4n) is 6.93. The average Bonchev–Trinajstić information content (AvgIpc) is 3.79. The predicted molar refractivity (Wildman–Crippen MR) is 202 cm³/mol. The lowest BCUT2D eigenvalue weighted by atomic mass is 9.93. The summed E-state index contributed by atoms with van der Waals surface area (Å²) in [5.41, 5.74) is 16.4. The number of esters is 2. The topological polar surface area (TPSA) is 110 Å². The largest absolute Gasteiger partial charge is 0.469 e. The highest BCUT2D eigenvalue weighted by atomic mass is 16.5. The van der Waals surface area contributed by atoms with Gasteiger partial charge in [0.15, 0.2) is 0 Å². The lowest BCUT2D eigenvalue weighted by molar-refractivity contribution is -0.141. The zero-order valence-electron chi connectivity index (χ0n) is 29.5. The first-order valence-corrected chi connectivity index (χ1v) is 16.7. The van der Waals surface area contributed by atoms with Crippen molar-refractivity contribution in [1.82, 2.24) is 19.9 Å². The van der Waals surface area contributed by atoms with E-state index in [0.717, 1.165) is 101 Å². The third-order valence-corrected chi connectivity index (χ3v) is 9.86. The van der Waals surface area contributed by atoms with Crippen LogP contribution >= 0.6 is 0 Å². The second-order valence-electron chi connectivity index (χ2n) is 12.6. The number of nitrogens with one attached hydrogen (secondary N) is 2. The summed E-state index contributed by atoms with van der Waals surface area (Å²) in [6.07, 6.45) is 5.16. The molecule has 2 aliphatic rings. The zero-order chi connectivity index (χ0) is 35.7. The molecule has 4 aromatic rings. The molecule has 0 aliphatic carbocycles. The maximum atomic E-state index is 12.3. The molecule has 50 heavy (non-hydrogen) atoms. The van der Waals surface area contributed by atoms with Gasteiger partial charge in [-0.1, -0.05) is 55.6 Å². The number of nitrogens with zero attached hydrogens (tertiary/aromatic N) is 2. The predicted octanol–water partition coefficient (Wildman–Crippen LogP) is 9.04.